The fourth-order valence-corrected chi connectivity index (χ4v) is 2.63. The fraction of sp³-hybridized carbons (Fsp3) is 0.0667. The van der Waals surface area contributed by atoms with E-state index in [1.807, 2.05) is 24.4 Å². The smallest absolute Gasteiger partial charge is 0.188 e. The molecule has 1 aromatic carbocycles. The van der Waals surface area contributed by atoms with E-state index in [-0.39, 0.29) is 0 Å². The summed E-state index contributed by atoms with van der Waals surface area (Å²) in [4.78, 5) is 9.77. The van der Waals surface area contributed by atoms with Gasteiger partial charge in [0.15, 0.2) is 5.13 Å². The van der Waals surface area contributed by atoms with E-state index in [4.69, 9.17) is 0 Å². The van der Waals surface area contributed by atoms with Crippen molar-refractivity contribution < 1.29 is 0 Å². The van der Waals surface area contributed by atoms with Crippen molar-refractivity contribution in [2.45, 2.75) is 6.92 Å². The first-order valence-electron chi connectivity index (χ1n) is 6.02. The van der Waals surface area contributed by atoms with Crippen LogP contribution in [0, 0.1) is 6.92 Å². The molecule has 0 aliphatic carbocycles. The van der Waals surface area contributed by atoms with Gasteiger partial charge in [-0.1, -0.05) is 47.2 Å². The molecule has 1 N–H and O–H groups in total. The standard InChI is InChI=1S/C15H13N3S/c1-11-5-4-6-12(9-11)13-10-17-15(19-13)18-14-7-2-3-8-16-14/h2-10H,1H3,(H,16,17,18). The molecule has 0 fully saturated rings. The molecule has 0 saturated carbocycles. The molecule has 0 radical (unpaired) electrons. The predicted molar refractivity (Wildman–Crippen MR) is 79.8 cm³/mol. The minimum Gasteiger partial charge on any atom is -0.316 e. The third-order valence-electron chi connectivity index (χ3n) is 2.71. The summed E-state index contributed by atoms with van der Waals surface area (Å²) in [5.74, 6) is 0.813. The first kappa shape index (κ1) is 11.9. The van der Waals surface area contributed by atoms with Crippen LogP contribution < -0.4 is 5.32 Å². The molecule has 94 valence electrons. The van der Waals surface area contributed by atoms with Crippen LogP contribution in [0.4, 0.5) is 10.9 Å². The van der Waals surface area contributed by atoms with Gasteiger partial charge in [-0.3, -0.25) is 0 Å². The molecule has 0 atom stereocenters. The summed E-state index contributed by atoms with van der Waals surface area (Å²) in [7, 11) is 0. The third kappa shape index (κ3) is 2.80. The maximum atomic E-state index is 4.38. The molecule has 3 rings (SSSR count). The highest BCUT2D eigenvalue weighted by Gasteiger charge is 2.05. The number of aryl methyl sites for hydroxylation is 1. The van der Waals surface area contributed by atoms with Gasteiger partial charge in [0.05, 0.1) is 4.88 Å². The third-order valence-corrected chi connectivity index (χ3v) is 3.67. The minimum atomic E-state index is 0.813. The van der Waals surface area contributed by atoms with Crippen LogP contribution in [0.2, 0.25) is 0 Å². The maximum Gasteiger partial charge on any atom is 0.188 e. The zero-order chi connectivity index (χ0) is 13.1. The number of thiazole rings is 1. The number of pyridine rings is 1. The van der Waals surface area contributed by atoms with Gasteiger partial charge in [-0.15, -0.1) is 0 Å². The highest BCUT2D eigenvalue weighted by Crippen LogP contribution is 2.30. The Morgan fingerprint density at radius 1 is 1.05 bits per heavy atom. The number of nitrogens with one attached hydrogen (secondary N) is 1. The molecule has 19 heavy (non-hydrogen) atoms. The highest BCUT2D eigenvalue weighted by molar-refractivity contribution is 7.18. The first-order chi connectivity index (χ1) is 9.31. The second-order valence-corrected chi connectivity index (χ2v) is 5.27. The van der Waals surface area contributed by atoms with Gasteiger partial charge in [0.1, 0.15) is 5.82 Å². The highest BCUT2D eigenvalue weighted by atomic mass is 32.1. The average molecular weight is 267 g/mol. The Bertz CT molecular complexity index is 677. The summed E-state index contributed by atoms with van der Waals surface area (Å²) >= 11 is 1.63. The van der Waals surface area contributed by atoms with E-state index in [1.54, 1.807) is 17.5 Å². The van der Waals surface area contributed by atoms with Crippen LogP contribution in [0.15, 0.2) is 54.9 Å². The van der Waals surface area contributed by atoms with Crippen molar-refractivity contribution in [3.8, 4) is 10.4 Å². The number of hydrogen-bond donors (Lipinski definition) is 1. The Balaban J connectivity index is 1.84. The van der Waals surface area contributed by atoms with Crippen molar-refractivity contribution >= 4 is 22.3 Å². The molecule has 0 aliphatic rings. The van der Waals surface area contributed by atoms with Gasteiger partial charge in [0, 0.05) is 12.4 Å². The summed E-state index contributed by atoms with van der Waals surface area (Å²) in [6, 6.07) is 14.2. The molecule has 3 aromatic rings. The molecule has 0 unspecified atom stereocenters. The minimum absolute atomic E-state index is 0.813. The van der Waals surface area contributed by atoms with Gasteiger partial charge in [-0.25, -0.2) is 9.97 Å². The van der Waals surface area contributed by atoms with E-state index in [0.29, 0.717) is 0 Å². The van der Waals surface area contributed by atoms with Crippen LogP contribution in [0.1, 0.15) is 5.56 Å². The number of hydrogen-bond acceptors (Lipinski definition) is 4. The Kier molecular flexibility index (Phi) is 3.25. The summed E-state index contributed by atoms with van der Waals surface area (Å²) in [6.45, 7) is 2.09. The lowest BCUT2D eigenvalue weighted by Gasteiger charge is -2.00. The predicted octanol–water partition coefficient (Wildman–Crippen LogP) is 4.26. The summed E-state index contributed by atoms with van der Waals surface area (Å²) in [5, 5.41) is 4.06. The summed E-state index contributed by atoms with van der Waals surface area (Å²) in [5.41, 5.74) is 2.46. The number of benzene rings is 1. The van der Waals surface area contributed by atoms with Crippen molar-refractivity contribution in [1.82, 2.24) is 9.97 Å². The van der Waals surface area contributed by atoms with Crippen molar-refractivity contribution in [3.05, 3.63) is 60.4 Å². The van der Waals surface area contributed by atoms with E-state index in [1.165, 1.54) is 11.1 Å². The zero-order valence-corrected chi connectivity index (χ0v) is 11.3. The van der Waals surface area contributed by atoms with Crippen LogP contribution >= 0.6 is 11.3 Å². The van der Waals surface area contributed by atoms with Gasteiger partial charge >= 0.3 is 0 Å². The fourth-order valence-electron chi connectivity index (χ4n) is 1.81. The molecule has 0 amide bonds. The largest absolute Gasteiger partial charge is 0.316 e. The Morgan fingerprint density at radius 2 is 2.00 bits per heavy atom. The van der Waals surface area contributed by atoms with Crippen molar-refractivity contribution in [2.24, 2.45) is 0 Å². The second-order valence-electron chi connectivity index (χ2n) is 4.24. The van der Waals surface area contributed by atoms with Crippen molar-refractivity contribution in [2.75, 3.05) is 5.32 Å². The molecule has 0 spiro atoms. The Hall–Kier alpha value is -2.20. The Morgan fingerprint density at radius 3 is 2.79 bits per heavy atom. The molecular weight excluding hydrogens is 254 g/mol. The van der Waals surface area contributed by atoms with E-state index in [9.17, 15) is 0 Å². The van der Waals surface area contributed by atoms with Crippen LogP contribution in [0.25, 0.3) is 10.4 Å². The molecule has 0 aliphatic heterocycles. The molecular formula is C15H13N3S. The van der Waals surface area contributed by atoms with E-state index < -0.39 is 0 Å². The SMILES string of the molecule is Cc1cccc(-c2cnc(Nc3ccccn3)s2)c1. The van der Waals surface area contributed by atoms with Gasteiger partial charge < -0.3 is 5.32 Å². The van der Waals surface area contributed by atoms with Crippen LogP contribution in [-0.2, 0) is 0 Å². The monoisotopic (exact) mass is 267 g/mol. The first-order valence-corrected chi connectivity index (χ1v) is 6.84. The zero-order valence-electron chi connectivity index (χ0n) is 10.5. The lowest BCUT2D eigenvalue weighted by molar-refractivity contribution is 1.29. The van der Waals surface area contributed by atoms with E-state index in [0.717, 1.165) is 15.8 Å². The molecule has 0 saturated heterocycles. The van der Waals surface area contributed by atoms with Crippen LogP contribution in [0.5, 0.6) is 0 Å². The maximum absolute atomic E-state index is 4.38. The average Bonchev–Trinajstić information content (AvgIpc) is 2.88. The summed E-state index contributed by atoms with van der Waals surface area (Å²) in [6.07, 6.45) is 3.65. The second kappa shape index (κ2) is 5.20. The molecule has 4 heteroatoms. The topological polar surface area (TPSA) is 37.8 Å². The number of aromatic nitrogens is 2. The molecule has 2 aromatic heterocycles. The quantitative estimate of drug-likeness (QED) is 0.770. The van der Waals surface area contributed by atoms with Crippen LogP contribution in [0.3, 0.4) is 0 Å². The number of anilines is 2. The molecule has 3 nitrogen and oxygen atoms in total. The summed E-state index contributed by atoms with van der Waals surface area (Å²) < 4.78 is 0. The van der Waals surface area contributed by atoms with Crippen molar-refractivity contribution in [3.63, 3.8) is 0 Å². The van der Waals surface area contributed by atoms with Crippen molar-refractivity contribution in [1.29, 1.82) is 0 Å². The molecule has 0 bridgehead atoms. The normalized spacial score (nSPS) is 10.4. The van der Waals surface area contributed by atoms with Gasteiger partial charge in [-0.2, -0.15) is 0 Å². The van der Waals surface area contributed by atoms with E-state index >= 15 is 0 Å². The van der Waals surface area contributed by atoms with Gasteiger partial charge in [0.2, 0.25) is 0 Å². The molecule has 2 heterocycles. The van der Waals surface area contributed by atoms with Crippen LogP contribution in [-0.4, -0.2) is 9.97 Å². The lowest BCUT2D eigenvalue weighted by atomic mass is 10.1. The number of rotatable bonds is 3. The van der Waals surface area contributed by atoms with E-state index in [2.05, 4.69) is 46.5 Å². The van der Waals surface area contributed by atoms with Gasteiger partial charge in [-0.05, 0) is 24.6 Å². The lowest BCUT2D eigenvalue weighted by Crippen LogP contribution is -1.90. The number of nitrogens with zero attached hydrogens (tertiary/aromatic N) is 2. The Labute approximate surface area is 116 Å². The van der Waals surface area contributed by atoms with Gasteiger partial charge in [0.25, 0.3) is 0 Å².